The van der Waals surface area contributed by atoms with Crippen molar-refractivity contribution in [2.75, 3.05) is 0 Å². The van der Waals surface area contributed by atoms with Crippen LogP contribution < -0.4 is 10.6 Å². The van der Waals surface area contributed by atoms with Gasteiger partial charge in [-0.05, 0) is 32.1 Å². The summed E-state index contributed by atoms with van der Waals surface area (Å²) in [5, 5.41) is 7.57. The molecule has 2 heteroatoms. The molecular weight excluding hydrogens is 184 g/mol. The van der Waals surface area contributed by atoms with Crippen molar-refractivity contribution in [2.45, 2.75) is 78.6 Å². The fourth-order valence-corrected chi connectivity index (χ4v) is 2.41. The van der Waals surface area contributed by atoms with Gasteiger partial charge in [0.05, 0.1) is 6.17 Å². The van der Waals surface area contributed by atoms with Crippen LogP contribution in [0.15, 0.2) is 0 Å². The second-order valence-corrected chi connectivity index (χ2v) is 6.46. The van der Waals surface area contributed by atoms with Gasteiger partial charge in [0.25, 0.3) is 0 Å². The summed E-state index contributed by atoms with van der Waals surface area (Å²) in [6.45, 7) is 16.1. The predicted octanol–water partition coefficient (Wildman–Crippen LogP) is 2.89. The van der Waals surface area contributed by atoms with Crippen molar-refractivity contribution >= 4 is 0 Å². The summed E-state index contributed by atoms with van der Waals surface area (Å²) in [5.41, 5.74) is 0.683. The summed E-state index contributed by atoms with van der Waals surface area (Å²) in [6.07, 6.45) is 2.74. The van der Waals surface area contributed by atoms with E-state index < -0.39 is 0 Å². The van der Waals surface area contributed by atoms with E-state index >= 15 is 0 Å². The maximum Gasteiger partial charge on any atom is 0.0631 e. The van der Waals surface area contributed by atoms with E-state index in [0.29, 0.717) is 6.17 Å². The molecule has 2 atom stereocenters. The lowest BCUT2D eigenvalue weighted by molar-refractivity contribution is 0.232. The lowest BCUT2D eigenvalue weighted by atomic mass is 9.77. The van der Waals surface area contributed by atoms with Crippen LogP contribution in [0.5, 0.6) is 0 Å². The molecule has 0 aromatic heterocycles. The highest BCUT2D eigenvalue weighted by molar-refractivity contribution is 5.13. The van der Waals surface area contributed by atoms with Crippen LogP contribution in [0.1, 0.15) is 61.3 Å². The first-order chi connectivity index (χ1) is 6.68. The fourth-order valence-electron chi connectivity index (χ4n) is 2.41. The Morgan fingerprint density at radius 1 is 0.933 bits per heavy atom. The first-order valence-corrected chi connectivity index (χ1v) is 6.24. The second kappa shape index (κ2) is 3.74. The maximum absolute atomic E-state index is 3.79. The Morgan fingerprint density at radius 2 is 1.27 bits per heavy atom. The molecule has 0 saturated carbocycles. The first-order valence-electron chi connectivity index (χ1n) is 6.24. The monoisotopic (exact) mass is 212 g/mol. The summed E-state index contributed by atoms with van der Waals surface area (Å²) in [4.78, 5) is 0. The molecule has 1 rings (SSSR count). The molecule has 1 fully saturated rings. The van der Waals surface area contributed by atoms with Crippen molar-refractivity contribution in [3.8, 4) is 0 Å². The standard InChI is InChI=1S/C13H28N2/c1-8-12(6)13(7,9-2)15-10(14-12)11(3,4)5/h10,14-15H,8-9H2,1-7H3/t12-,13-/m1/s1. The van der Waals surface area contributed by atoms with Crippen LogP contribution in [-0.2, 0) is 0 Å². The normalized spacial score (nSPS) is 38.6. The van der Waals surface area contributed by atoms with E-state index in [1.807, 2.05) is 0 Å². The second-order valence-electron chi connectivity index (χ2n) is 6.46. The Bertz CT molecular complexity index is 213. The average Bonchev–Trinajstić information content (AvgIpc) is 2.41. The lowest BCUT2D eigenvalue weighted by Crippen LogP contribution is -2.55. The van der Waals surface area contributed by atoms with Gasteiger partial charge in [-0.3, -0.25) is 10.6 Å². The number of hydrogen-bond acceptors (Lipinski definition) is 2. The summed E-state index contributed by atoms with van der Waals surface area (Å²) >= 11 is 0. The molecule has 0 spiro atoms. The summed E-state index contributed by atoms with van der Waals surface area (Å²) in [5.74, 6) is 0. The minimum absolute atomic E-state index is 0.208. The molecule has 0 radical (unpaired) electrons. The van der Waals surface area contributed by atoms with Gasteiger partial charge in [-0.2, -0.15) is 0 Å². The van der Waals surface area contributed by atoms with Crippen molar-refractivity contribution in [3.63, 3.8) is 0 Å². The van der Waals surface area contributed by atoms with Gasteiger partial charge in [-0.15, -0.1) is 0 Å². The van der Waals surface area contributed by atoms with Crippen LogP contribution >= 0.6 is 0 Å². The molecule has 1 heterocycles. The van der Waals surface area contributed by atoms with E-state index in [4.69, 9.17) is 0 Å². The van der Waals surface area contributed by atoms with Crippen LogP contribution in [-0.4, -0.2) is 17.2 Å². The quantitative estimate of drug-likeness (QED) is 0.735. The van der Waals surface area contributed by atoms with Crippen LogP contribution in [0.4, 0.5) is 0 Å². The molecule has 0 bridgehead atoms. The number of nitrogens with one attached hydrogen (secondary N) is 2. The smallest absolute Gasteiger partial charge is 0.0631 e. The fraction of sp³-hybridized carbons (Fsp3) is 1.00. The Morgan fingerprint density at radius 3 is 1.47 bits per heavy atom. The zero-order valence-corrected chi connectivity index (χ0v) is 11.5. The van der Waals surface area contributed by atoms with Crippen LogP contribution in [0, 0.1) is 5.41 Å². The lowest BCUT2D eigenvalue weighted by Gasteiger charge is -2.39. The van der Waals surface area contributed by atoms with Crippen molar-refractivity contribution in [3.05, 3.63) is 0 Å². The molecule has 2 nitrogen and oxygen atoms in total. The van der Waals surface area contributed by atoms with E-state index in [9.17, 15) is 0 Å². The van der Waals surface area contributed by atoms with E-state index in [2.05, 4.69) is 59.1 Å². The van der Waals surface area contributed by atoms with Gasteiger partial charge >= 0.3 is 0 Å². The van der Waals surface area contributed by atoms with Gasteiger partial charge in [0, 0.05) is 11.1 Å². The summed E-state index contributed by atoms with van der Waals surface area (Å²) < 4.78 is 0. The van der Waals surface area contributed by atoms with Crippen molar-refractivity contribution in [2.24, 2.45) is 5.41 Å². The van der Waals surface area contributed by atoms with Crippen molar-refractivity contribution in [1.82, 2.24) is 10.6 Å². The molecule has 0 aromatic rings. The number of rotatable bonds is 2. The van der Waals surface area contributed by atoms with Gasteiger partial charge in [0.1, 0.15) is 0 Å². The first kappa shape index (κ1) is 13.0. The molecule has 90 valence electrons. The third kappa shape index (κ3) is 2.07. The van der Waals surface area contributed by atoms with Gasteiger partial charge in [-0.25, -0.2) is 0 Å². The zero-order valence-electron chi connectivity index (χ0n) is 11.5. The zero-order chi connectivity index (χ0) is 11.9. The minimum atomic E-state index is 0.208. The third-order valence-electron chi connectivity index (χ3n) is 4.42. The molecule has 1 aliphatic rings. The highest BCUT2D eigenvalue weighted by Gasteiger charge is 2.51. The number of hydrogen-bond donors (Lipinski definition) is 2. The SMILES string of the molecule is CC[C@@]1(C)NC(C(C)(C)C)N[C@]1(C)CC. The largest absolute Gasteiger partial charge is 0.294 e. The molecule has 0 aromatic carbocycles. The molecule has 1 saturated heterocycles. The van der Waals surface area contributed by atoms with Crippen LogP contribution in [0.3, 0.4) is 0 Å². The Hall–Kier alpha value is -0.0800. The third-order valence-corrected chi connectivity index (χ3v) is 4.42. The van der Waals surface area contributed by atoms with Gasteiger partial charge in [-0.1, -0.05) is 34.6 Å². The average molecular weight is 212 g/mol. The molecule has 15 heavy (non-hydrogen) atoms. The van der Waals surface area contributed by atoms with Crippen molar-refractivity contribution < 1.29 is 0 Å². The minimum Gasteiger partial charge on any atom is -0.294 e. The van der Waals surface area contributed by atoms with E-state index in [-0.39, 0.29) is 16.5 Å². The topological polar surface area (TPSA) is 24.1 Å². The Kier molecular flexibility index (Phi) is 3.24. The molecule has 0 amide bonds. The highest BCUT2D eigenvalue weighted by Crippen LogP contribution is 2.37. The molecule has 0 aliphatic carbocycles. The van der Waals surface area contributed by atoms with Crippen molar-refractivity contribution in [1.29, 1.82) is 0 Å². The van der Waals surface area contributed by atoms with Gasteiger partial charge in [0.2, 0.25) is 0 Å². The van der Waals surface area contributed by atoms with E-state index in [1.54, 1.807) is 0 Å². The Labute approximate surface area is 95.2 Å². The van der Waals surface area contributed by atoms with E-state index in [0.717, 1.165) is 12.8 Å². The molecule has 2 N–H and O–H groups in total. The van der Waals surface area contributed by atoms with E-state index in [1.165, 1.54) is 0 Å². The maximum atomic E-state index is 3.79. The summed E-state index contributed by atoms with van der Waals surface area (Å²) in [6, 6.07) is 0. The summed E-state index contributed by atoms with van der Waals surface area (Å²) in [7, 11) is 0. The molecule has 1 aliphatic heterocycles. The van der Waals surface area contributed by atoms with Gasteiger partial charge < -0.3 is 0 Å². The van der Waals surface area contributed by atoms with Crippen LogP contribution in [0.25, 0.3) is 0 Å². The Balaban J connectivity index is 2.94. The highest BCUT2D eigenvalue weighted by atomic mass is 15.3. The van der Waals surface area contributed by atoms with Gasteiger partial charge in [0.15, 0.2) is 0 Å². The predicted molar refractivity (Wildman–Crippen MR) is 66.9 cm³/mol. The molecular formula is C13H28N2. The van der Waals surface area contributed by atoms with Crippen LogP contribution in [0.2, 0.25) is 0 Å². The molecule has 0 unspecified atom stereocenters.